The van der Waals surface area contributed by atoms with Crippen molar-refractivity contribution in [2.75, 3.05) is 6.61 Å². The van der Waals surface area contributed by atoms with Crippen molar-refractivity contribution in [1.82, 2.24) is 0 Å². The Hall–Kier alpha value is 0.543. The Bertz CT molecular complexity index is 51.3. The molecule has 0 heterocycles. The maximum atomic E-state index is 9.65. The van der Waals surface area contributed by atoms with Gasteiger partial charge in [0.1, 0.15) is 0 Å². The third kappa shape index (κ3) is 9.74. The second-order valence-electron chi connectivity index (χ2n) is 1.15. The van der Waals surface area contributed by atoms with E-state index in [0.717, 1.165) is 12.9 Å². The van der Waals surface area contributed by atoms with Gasteiger partial charge in [-0.2, -0.15) is 0 Å². The van der Waals surface area contributed by atoms with Crippen molar-refractivity contribution in [3.8, 4) is 0 Å². The van der Waals surface area contributed by atoms with Gasteiger partial charge in [-0.1, -0.05) is 0 Å². The van der Waals surface area contributed by atoms with Crippen LogP contribution in [-0.2, 0) is 25.8 Å². The van der Waals surface area contributed by atoms with Gasteiger partial charge in [0.15, 0.2) is 0 Å². The average Bonchev–Trinajstić information content (AvgIpc) is 1.69. The zero-order valence-electron chi connectivity index (χ0n) is 4.92. The molecule has 0 aromatic carbocycles. The van der Waals surface area contributed by atoms with E-state index < -0.39 is 17.5 Å². The van der Waals surface area contributed by atoms with Crippen LogP contribution in [0.25, 0.3) is 0 Å². The van der Waals surface area contributed by atoms with E-state index in [1.807, 2.05) is 6.92 Å². The number of halogens is 1. The molecule has 46 valence electrons. The van der Waals surface area contributed by atoms with Crippen LogP contribution in [0.1, 0.15) is 6.92 Å². The average molecular weight is 190 g/mol. The molecule has 0 atom stereocenters. The van der Waals surface area contributed by atoms with Crippen LogP contribution >= 0.6 is 12.4 Å². The van der Waals surface area contributed by atoms with Crippen LogP contribution in [0.15, 0.2) is 0 Å². The summed E-state index contributed by atoms with van der Waals surface area (Å²) >= 11 is -0.816. The molecule has 4 heteroatoms. The topological polar surface area (TPSA) is 26.3 Å². The molecule has 8 heavy (non-hydrogen) atoms. The fourth-order valence-electron chi connectivity index (χ4n) is 0.276. The van der Waals surface area contributed by atoms with Gasteiger partial charge >= 0.3 is 50.7 Å². The molecule has 0 spiro atoms. The summed E-state index contributed by atoms with van der Waals surface area (Å²) in [5.74, 6) is 0. The van der Waals surface area contributed by atoms with E-state index in [1.165, 1.54) is 0 Å². The molecule has 0 bridgehead atoms. The van der Waals surface area contributed by atoms with Gasteiger partial charge in [-0.25, -0.2) is 0 Å². The predicted octanol–water partition coefficient (Wildman–Crippen LogP) is 1.06. The fourth-order valence-corrected chi connectivity index (χ4v) is 1.43. The minimum Gasteiger partial charge on any atom is -0.147 e. The molecule has 0 aromatic heterocycles. The van der Waals surface area contributed by atoms with E-state index in [1.54, 1.807) is 0 Å². The van der Waals surface area contributed by atoms with Crippen LogP contribution in [-0.4, -0.2) is 12.9 Å². The third-order valence-electron chi connectivity index (χ3n) is 0.584. The number of hydrogen-bond donors (Lipinski definition) is 0. The first-order valence-electron chi connectivity index (χ1n) is 2.43. The first-order chi connectivity index (χ1) is 3.41. The molecule has 0 saturated carbocycles. The van der Waals surface area contributed by atoms with Crippen LogP contribution in [0.4, 0.5) is 0 Å². The number of carbonyl (C=O) groups excluding carboxylic acids is 1. The summed E-state index contributed by atoms with van der Waals surface area (Å²) in [7, 11) is 0. The van der Waals surface area contributed by atoms with Gasteiger partial charge in [-0.05, 0) is 0 Å². The van der Waals surface area contributed by atoms with Crippen LogP contribution < -0.4 is 0 Å². The minimum atomic E-state index is -0.816. The first-order valence-corrected chi connectivity index (χ1v) is 5.74. The van der Waals surface area contributed by atoms with Gasteiger partial charge in [0.05, 0.1) is 0 Å². The molecule has 0 aromatic rings. The molecule has 0 radical (unpaired) electrons. The Morgan fingerprint density at radius 2 is 2.38 bits per heavy atom. The molecule has 0 saturated heterocycles. The number of carbonyl (C=O) groups is 1. The fraction of sp³-hybridized carbons (Fsp3) is 0.750. The van der Waals surface area contributed by atoms with Crippen molar-refractivity contribution in [3.05, 3.63) is 0 Å². The largest absolute Gasteiger partial charge is 0.147 e. The van der Waals surface area contributed by atoms with Crippen LogP contribution in [0.5, 0.6) is 0 Å². The minimum absolute atomic E-state index is 0. The molecule has 0 aliphatic carbocycles. The Morgan fingerprint density at radius 1 is 1.75 bits per heavy atom. The smallest absolute Gasteiger partial charge is 0.147 e. The van der Waals surface area contributed by atoms with Crippen molar-refractivity contribution < 1.29 is 25.8 Å². The maximum absolute atomic E-state index is 9.65. The zero-order chi connectivity index (χ0) is 5.54. The van der Waals surface area contributed by atoms with Gasteiger partial charge in [0.25, 0.3) is 0 Å². The van der Waals surface area contributed by atoms with E-state index in [9.17, 15) is 4.79 Å². The van der Waals surface area contributed by atoms with Crippen molar-refractivity contribution in [3.63, 3.8) is 0 Å². The second-order valence-corrected chi connectivity index (χ2v) is 4.08. The van der Waals surface area contributed by atoms with Gasteiger partial charge in [-0.15, -0.1) is 12.4 Å². The second kappa shape index (κ2) is 10.5. The number of aldehydes is 1. The van der Waals surface area contributed by atoms with E-state index in [2.05, 4.69) is 0 Å². The van der Waals surface area contributed by atoms with Crippen molar-refractivity contribution in [1.29, 1.82) is 0 Å². The molecule has 0 rings (SSSR count). The molecule has 0 amide bonds. The maximum Gasteiger partial charge on any atom is -0.147 e. The molecular formula is C4H9ClO2Zn. The Kier molecular flexibility index (Phi) is 14.9. The summed E-state index contributed by atoms with van der Waals surface area (Å²) in [5, 5.41) is 0.709. The first kappa shape index (κ1) is 11.4. The Balaban J connectivity index is 0. The van der Waals surface area contributed by atoms with E-state index in [0.29, 0.717) is 5.02 Å². The van der Waals surface area contributed by atoms with E-state index >= 15 is 0 Å². The van der Waals surface area contributed by atoms with Crippen molar-refractivity contribution in [2.45, 2.75) is 11.9 Å². The zero-order valence-corrected chi connectivity index (χ0v) is 8.71. The van der Waals surface area contributed by atoms with Crippen LogP contribution in [0.2, 0.25) is 5.02 Å². The third-order valence-corrected chi connectivity index (χ3v) is 3.04. The van der Waals surface area contributed by atoms with Gasteiger partial charge in [-0.3, -0.25) is 0 Å². The van der Waals surface area contributed by atoms with Crippen LogP contribution in [0.3, 0.4) is 0 Å². The molecule has 0 N–H and O–H groups in total. The molecular weight excluding hydrogens is 181 g/mol. The number of hydrogen-bond acceptors (Lipinski definition) is 2. The molecule has 2 nitrogen and oxygen atoms in total. The summed E-state index contributed by atoms with van der Waals surface area (Å²) in [6.45, 7) is 2.74. The van der Waals surface area contributed by atoms with Crippen molar-refractivity contribution >= 4 is 18.7 Å². The Labute approximate surface area is 63.4 Å². The normalized spacial score (nSPS) is 6.62. The summed E-state index contributed by atoms with van der Waals surface area (Å²) in [4.78, 5) is 9.65. The SMILES string of the molecule is CC[O][Zn][CH2]C=O.Cl. The van der Waals surface area contributed by atoms with E-state index in [4.69, 9.17) is 3.56 Å². The standard InChI is InChI=1S/C2H5O.C2H3O.ClH.Zn/c2*1-2-3;;/h2H2,1H3;2H,1H2;1H;/q-1;;;+1. The van der Waals surface area contributed by atoms with Gasteiger partial charge in [0, 0.05) is 0 Å². The van der Waals surface area contributed by atoms with Gasteiger partial charge in [0.2, 0.25) is 0 Å². The van der Waals surface area contributed by atoms with E-state index in [-0.39, 0.29) is 12.4 Å². The summed E-state index contributed by atoms with van der Waals surface area (Å²) in [6, 6.07) is 0. The predicted molar refractivity (Wildman–Crippen MR) is 29.7 cm³/mol. The summed E-state index contributed by atoms with van der Waals surface area (Å²) in [6.07, 6.45) is 0.940. The Morgan fingerprint density at radius 3 is 2.75 bits per heavy atom. The monoisotopic (exact) mass is 188 g/mol. The summed E-state index contributed by atoms with van der Waals surface area (Å²) < 4.78 is 5.03. The number of rotatable bonds is 4. The van der Waals surface area contributed by atoms with Crippen molar-refractivity contribution in [2.24, 2.45) is 0 Å². The molecule has 0 aliphatic rings. The molecule has 0 aliphatic heterocycles. The summed E-state index contributed by atoms with van der Waals surface area (Å²) in [5.41, 5.74) is 0. The molecule has 0 unspecified atom stereocenters. The molecule has 0 fully saturated rings. The van der Waals surface area contributed by atoms with Gasteiger partial charge < -0.3 is 0 Å². The quantitative estimate of drug-likeness (QED) is 0.376. The van der Waals surface area contributed by atoms with Crippen LogP contribution in [0, 0.1) is 0 Å².